The Labute approximate surface area is 65.9 Å². The zero-order valence-corrected chi connectivity index (χ0v) is 6.84. The zero-order chi connectivity index (χ0) is 4.99. The predicted octanol–water partition coefficient (Wildman–Crippen LogP) is 3.08. The molecule has 0 atom stereocenters. The second-order valence-electron chi connectivity index (χ2n) is 1.92. The van der Waals surface area contributed by atoms with E-state index < -0.39 is 0 Å². The first kappa shape index (κ1) is 15.8. The Morgan fingerprint density at radius 2 is 1.38 bits per heavy atom. The molecule has 0 aromatic heterocycles. The molecular formula is C7H18V. The van der Waals surface area contributed by atoms with Crippen LogP contribution in [0.15, 0.2) is 0 Å². The van der Waals surface area contributed by atoms with Crippen molar-refractivity contribution in [3.8, 4) is 0 Å². The SMILES string of the molecule is C.CCC(C)CC.[V]. The molecule has 0 N–H and O–H groups in total. The van der Waals surface area contributed by atoms with Crippen LogP contribution < -0.4 is 0 Å². The average Bonchev–Trinajstić information content (AvgIpc) is 1.65. The van der Waals surface area contributed by atoms with Crippen LogP contribution >= 0.6 is 0 Å². The van der Waals surface area contributed by atoms with Crippen LogP contribution in [0, 0.1) is 5.92 Å². The molecule has 0 aliphatic carbocycles. The second kappa shape index (κ2) is 10.5. The van der Waals surface area contributed by atoms with Crippen LogP contribution in [0.25, 0.3) is 0 Å². The molecule has 0 saturated carbocycles. The molecule has 0 saturated heterocycles. The number of hydrogen-bond donors (Lipinski definition) is 0. The summed E-state index contributed by atoms with van der Waals surface area (Å²) in [6.45, 7) is 6.74. The van der Waals surface area contributed by atoms with Crippen LogP contribution in [-0.4, -0.2) is 0 Å². The molecule has 0 amide bonds. The Kier molecular flexibility index (Phi) is 20.9. The van der Waals surface area contributed by atoms with Gasteiger partial charge in [0.1, 0.15) is 0 Å². The van der Waals surface area contributed by atoms with Crippen LogP contribution in [0.4, 0.5) is 0 Å². The molecule has 8 heavy (non-hydrogen) atoms. The summed E-state index contributed by atoms with van der Waals surface area (Å²) in [5, 5.41) is 0. The Morgan fingerprint density at radius 1 is 1.12 bits per heavy atom. The van der Waals surface area contributed by atoms with Gasteiger partial charge < -0.3 is 0 Å². The van der Waals surface area contributed by atoms with E-state index in [2.05, 4.69) is 20.8 Å². The molecule has 0 fully saturated rings. The van der Waals surface area contributed by atoms with E-state index in [1.54, 1.807) is 0 Å². The summed E-state index contributed by atoms with van der Waals surface area (Å²) in [4.78, 5) is 0. The first-order valence-corrected chi connectivity index (χ1v) is 2.81. The Hall–Kier alpha value is 0.584. The van der Waals surface area contributed by atoms with E-state index in [1.807, 2.05) is 0 Å². The van der Waals surface area contributed by atoms with Crippen LogP contribution in [0.1, 0.15) is 41.0 Å². The Balaban J connectivity index is -0.000000125. The fraction of sp³-hybridized carbons (Fsp3) is 1.00. The van der Waals surface area contributed by atoms with Crippen molar-refractivity contribution in [2.24, 2.45) is 5.92 Å². The summed E-state index contributed by atoms with van der Waals surface area (Å²) in [5.74, 6) is 0.935. The van der Waals surface area contributed by atoms with Crippen molar-refractivity contribution in [2.45, 2.75) is 41.0 Å². The fourth-order valence-electron chi connectivity index (χ4n) is 0.289. The van der Waals surface area contributed by atoms with Gasteiger partial charge in [-0.05, 0) is 5.92 Å². The summed E-state index contributed by atoms with van der Waals surface area (Å²) in [6.07, 6.45) is 2.66. The topological polar surface area (TPSA) is 0 Å². The molecular weight excluding hydrogens is 135 g/mol. The predicted molar refractivity (Wildman–Crippen MR) is 36.5 cm³/mol. The van der Waals surface area contributed by atoms with E-state index in [0.29, 0.717) is 0 Å². The molecule has 51 valence electrons. The van der Waals surface area contributed by atoms with Crippen LogP contribution in [0.2, 0.25) is 0 Å². The van der Waals surface area contributed by atoms with E-state index in [9.17, 15) is 0 Å². The summed E-state index contributed by atoms with van der Waals surface area (Å²) < 4.78 is 0. The minimum atomic E-state index is 0. The van der Waals surface area contributed by atoms with Gasteiger partial charge in [-0.2, -0.15) is 0 Å². The van der Waals surface area contributed by atoms with Gasteiger partial charge in [-0.1, -0.05) is 41.0 Å². The van der Waals surface area contributed by atoms with Crippen molar-refractivity contribution in [2.75, 3.05) is 0 Å². The molecule has 0 rings (SSSR count). The molecule has 0 nitrogen and oxygen atoms in total. The van der Waals surface area contributed by atoms with Crippen molar-refractivity contribution < 1.29 is 18.6 Å². The number of rotatable bonds is 2. The Bertz CT molecular complexity index is 23.6. The molecule has 0 aromatic rings. The smallest absolute Gasteiger partial charge is 0 e. The normalized spacial score (nSPS) is 7.50. The van der Waals surface area contributed by atoms with Gasteiger partial charge in [0.05, 0.1) is 0 Å². The molecule has 0 bridgehead atoms. The zero-order valence-electron chi connectivity index (χ0n) is 5.44. The molecule has 0 aliphatic rings. The van der Waals surface area contributed by atoms with Gasteiger partial charge in [-0.15, -0.1) is 0 Å². The molecule has 0 aliphatic heterocycles. The van der Waals surface area contributed by atoms with E-state index in [1.165, 1.54) is 12.8 Å². The standard InChI is InChI=1S/C6H14.CH4.V/c1-4-6(3)5-2;;/h6H,4-5H2,1-3H3;1H4;. The third-order valence-electron chi connectivity index (χ3n) is 1.39. The first-order chi connectivity index (χ1) is 2.81. The monoisotopic (exact) mass is 153 g/mol. The second-order valence-corrected chi connectivity index (χ2v) is 1.92. The van der Waals surface area contributed by atoms with Gasteiger partial charge >= 0.3 is 0 Å². The van der Waals surface area contributed by atoms with Crippen molar-refractivity contribution >= 4 is 0 Å². The van der Waals surface area contributed by atoms with Gasteiger partial charge in [0.25, 0.3) is 0 Å². The molecule has 0 unspecified atom stereocenters. The van der Waals surface area contributed by atoms with Gasteiger partial charge in [-0.3, -0.25) is 0 Å². The van der Waals surface area contributed by atoms with E-state index in [4.69, 9.17) is 0 Å². The average molecular weight is 153 g/mol. The van der Waals surface area contributed by atoms with Crippen LogP contribution in [-0.2, 0) is 18.6 Å². The minimum Gasteiger partial charge on any atom is -0.0776 e. The minimum absolute atomic E-state index is 0. The molecule has 0 heterocycles. The number of hydrogen-bond acceptors (Lipinski definition) is 0. The molecule has 1 radical (unpaired) electrons. The molecule has 0 spiro atoms. The van der Waals surface area contributed by atoms with Crippen LogP contribution in [0.5, 0.6) is 0 Å². The van der Waals surface area contributed by atoms with E-state index in [0.717, 1.165) is 5.92 Å². The van der Waals surface area contributed by atoms with E-state index in [-0.39, 0.29) is 26.0 Å². The first-order valence-electron chi connectivity index (χ1n) is 2.81. The maximum atomic E-state index is 2.28. The fourth-order valence-corrected chi connectivity index (χ4v) is 0.289. The van der Waals surface area contributed by atoms with E-state index >= 15 is 0 Å². The third-order valence-corrected chi connectivity index (χ3v) is 1.39. The summed E-state index contributed by atoms with van der Waals surface area (Å²) in [6, 6.07) is 0. The van der Waals surface area contributed by atoms with Gasteiger partial charge in [0.2, 0.25) is 0 Å². The molecule has 0 aromatic carbocycles. The third kappa shape index (κ3) is 9.77. The van der Waals surface area contributed by atoms with Crippen LogP contribution in [0.3, 0.4) is 0 Å². The van der Waals surface area contributed by atoms with Crippen molar-refractivity contribution in [3.05, 3.63) is 0 Å². The maximum Gasteiger partial charge on any atom is 0 e. The quantitative estimate of drug-likeness (QED) is 0.571. The largest absolute Gasteiger partial charge is 0.0776 e. The van der Waals surface area contributed by atoms with Crippen molar-refractivity contribution in [1.29, 1.82) is 0 Å². The summed E-state index contributed by atoms with van der Waals surface area (Å²) in [7, 11) is 0. The van der Waals surface area contributed by atoms with Gasteiger partial charge in [0, 0.05) is 18.6 Å². The van der Waals surface area contributed by atoms with Crippen molar-refractivity contribution in [3.63, 3.8) is 0 Å². The van der Waals surface area contributed by atoms with Gasteiger partial charge in [-0.25, -0.2) is 0 Å². The molecule has 1 heteroatoms. The van der Waals surface area contributed by atoms with Crippen molar-refractivity contribution in [1.82, 2.24) is 0 Å². The summed E-state index contributed by atoms with van der Waals surface area (Å²) >= 11 is 0. The Morgan fingerprint density at radius 3 is 1.38 bits per heavy atom. The maximum absolute atomic E-state index is 2.28. The van der Waals surface area contributed by atoms with Gasteiger partial charge in [0.15, 0.2) is 0 Å². The summed E-state index contributed by atoms with van der Waals surface area (Å²) in [5.41, 5.74) is 0.